The fraction of sp³-hybridized carbons (Fsp3) is 0.0526. The lowest BCUT2D eigenvalue weighted by atomic mass is 10.0. The zero-order chi connectivity index (χ0) is 22.1. The molecular formula is C19H11ClF3N2O4S-. The smallest absolute Gasteiger partial charge is 0.189 e. The number of aromatic nitrogens is 1. The molecule has 0 bridgehead atoms. The molecule has 1 heterocycles. The molecule has 1 aromatic heterocycles. The van der Waals surface area contributed by atoms with Gasteiger partial charge in [0.1, 0.15) is 34.6 Å². The second-order valence-electron chi connectivity index (χ2n) is 6.05. The number of benzene rings is 2. The van der Waals surface area contributed by atoms with Crippen LogP contribution in [0.5, 0.6) is 0 Å². The fourth-order valence-electron chi connectivity index (χ4n) is 2.81. The molecule has 1 N–H and O–H groups in total. The second-order valence-corrected chi connectivity index (χ2v) is 8.52. The highest BCUT2D eigenvalue weighted by molar-refractivity contribution is 7.91. The van der Waals surface area contributed by atoms with E-state index in [4.69, 9.17) is 11.6 Å². The predicted octanol–water partition coefficient (Wildman–Crippen LogP) is 3.47. The van der Waals surface area contributed by atoms with E-state index in [0.717, 1.165) is 24.3 Å². The summed E-state index contributed by atoms with van der Waals surface area (Å²) < 4.78 is 69.7. The van der Waals surface area contributed by atoms with Gasteiger partial charge in [0.05, 0.1) is 11.1 Å². The number of carbonyl (C=O) groups excluding carboxylic acids is 1. The largest absolute Gasteiger partial charge is 0.530 e. The Bertz CT molecular complexity index is 1220. The van der Waals surface area contributed by atoms with E-state index in [2.05, 4.69) is 4.98 Å². The van der Waals surface area contributed by atoms with E-state index in [9.17, 15) is 31.5 Å². The first kappa shape index (κ1) is 21.6. The Morgan fingerprint density at radius 2 is 1.63 bits per heavy atom. The minimum Gasteiger partial charge on any atom is -0.530 e. The van der Waals surface area contributed by atoms with Crippen LogP contribution in [0, 0.1) is 17.5 Å². The highest BCUT2D eigenvalue weighted by Crippen LogP contribution is 2.38. The third kappa shape index (κ3) is 4.39. The molecule has 0 aliphatic heterocycles. The summed E-state index contributed by atoms with van der Waals surface area (Å²) in [4.78, 5) is 13.9. The molecule has 1 atom stereocenters. The number of nitrogens with zero attached hydrogens (tertiary/aromatic N) is 1. The number of sulfone groups is 1. The van der Waals surface area contributed by atoms with Gasteiger partial charge in [-0.15, -0.1) is 0 Å². The van der Waals surface area contributed by atoms with Crippen LogP contribution in [-0.4, -0.2) is 19.5 Å². The number of anilines is 1. The van der Waals surface area contributed by atoms with Crippen LogP contribution in [0.1, 0.15) is 16.4 Å². The van der Waals surface area contributed by atoms with Gasteiger partial charge in [-0.3, -0.25) is 0 Å². The Morgan fingerprint density at radius 1 is 1.00 bits per heavy atom. The van der Waals surface area contributed by atoms with E-state index in [1.807, 2.05) is 0 Å². The minimum absolute atomic E-state index is 0.220. The van der Waals surface area contributed by atoms with Crippen molar-refractivity contribution in [3.8, 4) is 0 Å². The van der Waals surface area contributed by atoms with E-state index in [0.29, 0.717) is 18.3 Å². The van der Waals surface area contributed by atoms with Crippen molar-refractivity contribution < 1.29 is 31.5 Å². The summed E-state index contributed by atoms with van der Waals surface area (Å²) in [6.07, 6.45) is -1.23. The Morgan fingerprint density at radius 3 is 2.27 bits per heavy atom. The van der Waals surface area contributed by atoms with Crippen LogP contribution in [0.3, 0.4) is 0 Å². The number of rotatable bonds is 5. The molecule has 156 valence electrons. The standard InChI is InChI=1S/C19H12ClF3N2O4S/c20-10-1-4-12(5-2-10)30(28,29)18(13-7-11(21)3-6-15(13)22)14-8-17(25-19(26)27)24-9-16(14)23/h1-9,18H,(H,24,25)(H,26,27)/p-1. The molecule has 11 heteroatoms. The van der Waals surface area contributed by atoms with Crippen LogP contribution < -0.4 is 10.4 Å². The predicted molar refractivity (Wildman–Crippen MR) is 100 cm³/mol. The first-order valence-corrected chi connectivity index (χ1v) is 10.1. The quantitative estimate of drug-likeness (QED) is 0.635. The Balaban J connectivity index is 2.30. The van der Waals surface area contributed by atoms with E-state index in [1.54, 1.807) is 5.32 Å². The van der Waals surface area contributed by atoms with Crippen molar-refractivity contribution in [3.63, 3.8) is 0 Å². The zero-order valence-electron chi connectivity index (χ0n) is 14.8. The highest BCUT2D eigenvalue weighted by atomic mass is 35.5. The molecule has 1 amide bonds. The Hall–Kier alpha value is -3.11. The van der Waals surface area contributed by atoms with E-state index in [-0.39, 0.29) is 9.92 Å². The van der Waals surface area contributed by atoms with Gasteiger partial charge in [-0.05, 0) is 48.5 Å². The van der Waals surface area contributed by atoms with Gasteiger partial charge in [0, 0.05) is 16.1 Å². The van der Waals surface area contributed by atoms with Gasteiger partial charge < -0.3 is 15.2 Å². The average Bonchev–Trinajstić information content (AvgIpc) is 2.67. The van der Waals surface area contributed by atoms with Crippen molar-refractivity contribution in [2.75, 3.05) is 5.32 Å². The Kier molecular flexibility index (Phi) is 5.99. The van der Waals surface area contributed by atoms with Crippen molar-refractivity contribution in [1.29, 1.82) is 0 Å². The van der Waals surface area contributed by atoms with Crippen molar-refractivity contribution in [2.45, 2.75) is 10.1 Å². The number of carboxylic acid groups (broad SMARTS) is 1. The van der Waals surface area contributed by atoms with Crippen LogP contribution in [0.2, 0.25) is 5.02 Å². The molecule has 6 nitrogen and oxygen atoms in total. The number of amides is 1. The van der Waals surface area contributed by atoms with Crippen LogP contribution in [0.15, 0.2) is 59.6 Å². The van der Waals surface area contributed by atoms with Gasteiger partial charge in [0.25, 0.3) is 0 Å². The molecule has 3 rings (SSSR count). The molecular weight excluding hydrogens is 445 g/mol. The lowest BCUT2D eigenvalue weighted by Crippen LogP contribution is -2.29. The number of halogens is 4. The molecule has 0 spiro atoms. The van der Waals surface area contributed by atoms with E-state index in [1.165, 1.54) is 12.1 Å². The topological polar surface area (TPSA) is 99.2 Å². The molecule has 0 saturated carbocycles. The van der Waals surface area contributed by atoms with Crippen LogP contribution in [0.4, 0.5) is 23.8 Å². The molecule has 0 aliphatic carbocycles. The number of nitrogens with one attached hydrogen (secondary N) is 1. The van der Waals surface area contributed by atoms with Crippen molar-refractivity contribution in [3.05, 3.63) is 88.3 Å². The zero-order valence-corrected chi connectivity index (χ0v) is 16.3. The third-order valence-corrected chi connectivity index (χ3v) is 6.40. The first-order chi connectivity index (χ1) is 14.1. The highest BCUT2D eigenvalue weighted by Gasteiger charge is 2.35. The maximum atomic E-state index is 14.6. The second kappa shape index (κ2) is 8.33. The number of pyridine rings is 1. The van der Waals surface area contributed by atoms with Gasteiger partial charge in [-0.25, -0.2) is 26.6 Å². The van der Waals surface area contributed by atoms with E-state index >= 15 is 0 Å². The van der Waals surface area contributed by atoms with Crippen molar-refractivity contribution >= 4 is 33.3 Å². The maximum absolute atomic E-state index is 14.6. The van der Waals surface area contributed by atoms with Crippen molar-refractivity contribution in [2.24, 2.45) is 0 Å². The van der Waals surface area contributed by atoms with Gasteiger partial charge in [-0.1, -0.05) is 11.6 Å². The third-order valence-electron chi connectivity index (χ3n) is 4.09. The summed E-state index contributed by atoms with van der Waals surface area (Å²) in [5.41, 5.74) is -1.32. The van der Waals surface area contributed by atoms with Crippen LogP contribution >= 0.6 is 11.6 Å². The summed E-state index contributed by atoms with van der Waals surface area (Å²) in [7, 11) is -4.55. The monoisotopic (exact) mass is 455 g/mol. The molecule has 0 aliphatic rings. The average molecular weight is 456 g/mol. The molecule has 2 aromatic carbocycles. The summed E-state index contributed by atoms with van der Waals surface area (Å²) in [6, 6.07) is 7.65. The molecule has 30 heavy (non-hydrogen) atoms. The number of hydrogen-bond donors (Lipinski definition) is 1. The van der Waals surface area contributed by atoms with Gasteiger partial charge in [-0.2, -0.15) is 0 Å². The normalized spacial score (nSPS) is 12.4. The lowest BCUT2D eigenvalue weighted by molar-refractivity contribution is -0.242. The Labute approximate surface area is 173 Å². The van der Waals surface area contributed by atoms with Gasteiger partial charge in [0.2, 0.25) is 0 Å². The summed E-state index contributed by atoms with van der Waals surface area (Å²) in [5.74, 6) is -3.69. The van der Waals surface area contributed by atoms with Gasteiger partial charge >= 0.3 is 0 Å². The summed E-state index contributed by atoms with van der Waals surface area (Å²) in [6.45, 7) is 0. The summed E-state index contributed by atoms with van der Waals surface area (Å²) in [5, 5.41) is 10.7. The fourth-order valence-corrected chi connectivity index (χ4v) is 4.75. The van der Waals surface area contributed by atoms with Crippen LogP contribution in [0.25, 0.3) is 0 Å². The SMILES string of the molecule is O=C([O-])Nc1cc(C(c2cc(F)ccc2F)S(=O)(=O)c2ccc(Cl)cc2)c(F)cn1. The summed E-state index contributed by atoms with van der Waals surface area (Å²) >= 11 is 5.77. The molecule has 0 saturated heterocycles. The van der Waals surface area contributed by atoms with Crippen LogP contribution in [-0.2, 0) is 9.84 Å². The molecule has 3 aromatic rings. The van der Waals surface area contributed by atoms with E-state index < -0.39 is 55.6 Å². The molecule has 0 radical (unpaired) electrons. The van der Waals surface area contributed by atoms with Gasteiger partial charge in [0.15, 0.2) is 9.84 Å². The molecule has 0 fully saturated rings. The number of carbonyl (C=O) groups is 1. The first-order valence-electron chi connectivity index (χ1n) is 8.17. The number of hydrogen-bond acceptors (Lipinski definition) is 5. The van der Waals surface area contributed by atoms with Crippen molar-refractivity contribution in [1.82, 2.24) is 4.98 Å². The molecule has 1 unspecified atom stereocenters. The lowest BCUT2D eigenvalue weighted by Gasteiger charge is -2.21. The minimum atomic E-state index is -4.55. The maximum Gasteiger partial charge on any atom is 0.189 e.